The van der Waals surface area contributed by atoms with Crippen molar-refractivity contribution in [2.24, 2.45) is 5.92 Å². The first-order valence-electron chi connectivity index (χ1n) is 8.02. The van der Waals surface area contributed by atoms with Crippen LogP contribution in [-0.4, -0.2) is 42.7 Å². The van der Waals surface area contributed by atoms with Gasteiger partial charge in [0.25, 0.3) is 5.91 Å². The Kier molecular flexibility index (Phi) is 4.60. The molecule has 1 heterocycles. The lowest BCUT2D eigenvalue weighted by atomic mass is 10.1. The van der Waals surface area contributed by atoms with Crippen molar-refractivity contribution in [2.75, 3.05) is 20.7 Å². The molecule has 2 aromatic rings. The number of carbonyl (C=O) groups excluding carboxylic acids is 1. The second kappa shape index (κ2) is 6.49. The molecule has 1 fully saturated rings. The second-order valence-corrected chi connectivity index (χ2v) is 7.41. The van der Waals surface area contributed by atoms with Crippen LogP contribution >= 0.6 is 11.3 Å². The van der Waals surface area contributed by atoms with Crippen molar-refractivity contribution in [1.82, 2.24) is 4.90 Å². The summed E-state index contributed by atoms with van der Waals surface area (Å²) < 4.78 is 6.37. The van der Waals surface area contributed by atoms with E-state index in [1.54, 1.807) is 12.0 Å². The van der Waals surface area contributed by atoms with E-state index in [1.807, 2.05) is 32.2 Å². The number of ether oxygens (including phenoxy) is 1. The average molecular weight is 333 g/mol. The van der Waals surface area contributed by atoms with Crippen molar-refractivity contribution in [2.45, 2.75) is 32.3 Å². The van der Waals surface area contributed by atoms with E-state index in [4.69, 9.17) is 4.74 Å². The van der Waals surface area contributed by atoms with E-state index in [1.165, 1.54) is 11.3 Å². The number of benzene rings is 1. The predicted molar refractivity (Wildman–Crippen MR) is 93.4 cm³/mol. The van der Waals surface area contributed by atoms with Gasteiger partial charge in [0.1, 0.15) is 5.75 Å². The number of thiophene rings is 1. The minimum absolute atomic E-state index is 0.0433. The number of carbonyl (C=O) groups is 1. The minimum atomic E-state index is -0.266. The van der Waals surface area contributed by atoms with Crippen molar-refractivity contribution >= 4 is 27.3 Å². The number of rotatable bonds is 4. The number of hydrogen-bond acceptors (Lipinski definition) is 4. The van der Waals surface area contributed by atoms with Gasteiger partial charge >= 0.3 is 0 Å². The van der Waals surface area contributed by atoms with Gasteiger partial charge in [-0.2, -0.15) is 0 Å². The Bertz CT molecular complexity index is 724. The van der Waals surface area contributed by atoms with Gasteiger partial charge in [0.15, 0.2) is 0 Å². The highest BCUT2D eigenvalue weighted by Gasteiger charge is 2.28. The Balaban J connectivity index is 1.84. The Labute approximate surface area is 140 Å². The summed E-state index contributed by atoms with van der Waals surface area (Å²) in [6.45, 7) is 2.61. The van der Waals surface area contributed by atoms with Crippen LogP contribution in [0.5, 0.6) is 5.75 Å². The summed E-state index contributed by atoms with van der Waals surface area (Å²) >= 11 is 1.53. The van der Waals surface area contributed by atoms with Crippen LogP contribution in [0.4, 0.5) is 0 Å². The molecular formula is C18H23NO3S. The first-order valence-corrected chi connectivity index (χ1v) is 8.83. The van der Waals surface area contributed by atoms with Gasteiger partial charge in [-0.25, -0.2) is 0 Å². The van der Waals surface area contributed by atoms with E-state index in [2.05, 4.69) is 0 Å². The van der Waals surface area contributed by atoms with Crippen LogP contribution in [0.2, 0.25) is 0 Å². The summed E-state index contributed by atoms with van der Waals surface area (Å²) in [4.78, 5) is 15.3. The molecule has 1 amide bonds. The Morgan fingerprint density at radius 1 is 1.43 bits per heavy atom. The van der Waals surface area contributed by atoms with Crippen LogP contribution in [0.25, 0.3) is 10.1 Å². The SMILES string of the molecule is COc1ccc2sc(C(=O)N(C)CC3CCCC3O)c(C)c2c1. The standard InChI is InChI=1S/C18H23NO3S/c1-11-14-9-13(22-3)7-8-16(14)23-17(11)18(21)19(2)10-12-5-4-6-15(12)20/h7-9,12,15,20H,4-6,10H2,1-3H3. The first kappa shape index (κ1) is 16.3. The van der Waals surface area contributed by atoms with Crippen molar-refractivity contribution in [3.8, 4) is 5.75 Å². The van der Waals surface area contributed by atoms with Crippen LogP contribution in [0, 0.1) is 12.8 Å². The molecule has 0 bridgehead atoms. The smallest absolute Gasteiger partial charge is 0.263 e. The molecule has 124 valence electrons. The fourth-order valence-corrected chi connectivity index (χ4v) is 4.55. The summed E-state index contributed by atoms with van der Waals surface area (Å²) in [7, 11) is 3.48. The molecule has 1 aromatic heterocycles. The van der Waals surface area contributed by atoms with Gasteiger partial charge in [0.2, 0.25) is 0 Å². The topological polar surface area (TPSA) is 49.8 Å². The van der Waals surface area contributed by atoms with Gasteiger partial charge in [-0.1, -0.05) is 6.42 Å². The largest absolute Gasteiger partial charge is 0.497 e. The zero-order valence-corrected chi connectivity index (χ0v) is 14.7. The van der Waals surface area contributed by atoms with E-state index in [9.17, 15) is 9.90 Å². The van der Waals surface area contributed by atoms with Crippen LogP contribution < -0.4 is 4.74 Å². The summed E-state index contributed by atoms with van der Waals surface area (Å²) in [6.07, 6.45) is 2.64. The van der Waals surface area contributed by atoms with E-state index in [-0.39, 0.29) is 17.9 Å². The number of nitrogens with zero attached hydrogens (tertiary/aromatic N) is 1. The third-order valence-corrected chi connectivity index (χ3v) is 6.07. The van der Waals surface area contributed by atoms with Crippen molar-refractivity contribution in [3.05, 3.63) is 28.6 Å². The van der Waals surface area contributed by atoms with Gasteiger partial charge < -0.3 is 14.7 Å². The Morgan fingerprint density at radius 2 is 2.22 bits per heavy atom. The molecule has 4 nitrogen and oxygen atoms in total. The van der Waals surface area contributed by atoms with Crippen LogP contribution in [0.3, 0.4) is 0 Å². The number of aryl methyl sites for hydroxylation is 1. The lowest BCUT2D eigenvalue weighted by Crippen LogP contribution is -2.34. The number of fused-ring (bicyclic) bond motifs is 1. The summed E-state index contributed by atoms with van der Waals surface area (Å²) in [6, 6.07) is 5.91. The first-order chi connectivity index (χ1) is 11.0. The lowest BCUT2D eigenvalue weighted by molar-refractivity contribution is 0.0697. The number of aliphatic hydroxyl groups is 1. The molecule has 1 aliphatic carbocycles. The maximum Gasteiger partial charge on any atom is 0.263 e. The molecule has 1 N–H and O–H groups in total. The highest BCUT2D eigenvalue weighted by molar-refractivity contribution is 7.21. The lowest BCUT2D eigenvalue weighted by Gasteiger charge is -2.23. The maximum absolute atomic E-state index is 12.8. The third kappa shape index (κ3) is 3.08. The third-order valence-electron chi connectivity index (χ3n) is 4.81. The van der Waals surface area contributed by atoms with Gasteiger partial charge in [0.05, 0.1) is 18.1 Å². The minimum Gasteiger partial charge on any atom is -0.497 e. The molecule has 23 heavy (non-hydrogen) atoms. The molecule has 5 heteroatoms. The van der Waals surface area contributed by atoms with Crippen molar-refractivity contribution < 1.29 is 14.6 Å². The van der Waals surface area contributed by atoms with E-state index >= 15 is 0 Å². The number of aliphatic hydroxyl groups excluding tert-OH is 1. The zero-order valence-electron chi connectivity index (χ0n) is 13.8. The molecule has 2 unspecified atom stereocenters. The zero-order chi connectivity index (χ0) is 16.6. The molecule has 1 aliphatic rings. The molecule has 3 rings (SSSR count). The van der Waals surface area contributed by atoms with E-state index < -0.39 is 0 Å². The van der Waals surface area contributed by atoms with Crippen LogP contribution in [-0.2, 0) is 0 Å². The average Bonchev–Trinajstić information content (AvgIpc) is 3.10. The summed E-state index contributed by atoms with van der Waals surface area (Å²) in [5.74, 6) is 1.06. The summed E-state index contributed by atoms with van der Waals surface area (Å²) in [5, 5.41) is 11.0. The van der Waals surface area contributed by atoms with Gasteiger partial charge in [-0.3, -0.25) is 4.79 Å². The molecule has 0 aliphatic heterocycles. The molecule has 0 spiro atoms. The molecular weight excluding hydrogens is 310 g/mol. The quantitative estimate of drug-likeness (QED) is 0.932. The molecule has 0 saturated heterocycles. The maximum atomic E-state index is 12.8. The summed E-state index contributed by atoms with van der Waals surface area (Å²) in [5.41, 5.74) is 1.01. The predicted octanol–water partition coefficient (Wildman–Crippen LogP) is 3.45. The van der Waals surface area contributed by atoms with Crippen LogP contribution in [0.1, 0.15) is 34.5 Å². The fourth-order valence-electron chi connectivity index (χ4n) is 3.37. The number of amides is 1. The molecule has 0 radical (unpaired) electrons. The Hall–Kier alpha value is -1.59. The van der Waals surface area contributed by atoms with Gasteiger partial charge in [-0.15, -0.1) is 11.3 Å². The number of hydrogen-bond donors (Lipinski definition) is 1. The van der Waals surface area contributed by atoms with E-state index in [0.717, 1.165) is 45.5 Å². The number of methoxy groups -OCH3 is 1. The normalized spacial score (nSPS) is 20.9. The van der Waals surface area contributed by atoms with Gasteiger partial charge in [0, 0.05) is 24.2 Å². The van der Waals surface area contributed by atoms with Crippen LogP contribution in [0.15, 0.2) is 18.2 Å². The van der Waals surface area contributed by atoms with Crippen molar-refractivity contribution in [3.63, 3.8) is 0 Å². The molecule has 2 atom stereocenters. The highest BCUT2D eigenvalue weighted by Crippen LogP contribution is 2.34. The molecule has 1 saturated carbocycles. The molecule has 1 aromatic carbocycles. The monoisotopic (exact) mass is 333 g/mol. The highest BCUT2D eigenvalue weighted by atomic mass is 32.1. The Morgan fingerprint density at radius 3 is 2.87 bits per heavy atom. The van der Waals surface area contributed by atoms with Crippen molar-refractivity contribution in [1.29, 1.82) is 0 Å². The van der Waals surface area contributed by atoms with Gasteiger partial charge in [-0.05, 0) is 48.9 Å². The van der Waals surface area contributed by atoms with E-state index in [0.29, 0.717) is 6.54 Å². The fraction of sp³-hybridized carbons (Fsp3) is 0.500. The second-order valence-electron chi connectivity index (χ2n) is 6.36.